The minimum atomic E-state index is -0.559. The van der Waals surface area contributed by atoms with Crippen molar-refractivity contribution in [1.29, 1.82) is 5.26 Å². The molecule has 1 heterocycles. The fourth-order valence-corrected chi connectivity index (χ4v) is 3.79. The van der Waals surface area contributed by atoms with Crippen molar-refractivity contribution in [3.8, 4) is 6.07 Å². The summed E-state index contributed by atoms with van der Waals surface area (Å²) in [5, 5.41) is 23.5. The van der Waals surface area contributed by atoms with Gasteiger partial charge in [-0.1, -0.05) is 23.4 Å². The lowest BCUT2D eigenvalue weighted by Gasteiger charge is -2.16. The van der Waals surface area contributed by atoms with Crippen LogP contribution in [-0.2, 0) is 17.6 Å². The molecule has 27 heavy (non-hydrogen) atoms. The highest BCUT2D eigenvalue weighted by Gasteiger charge is 2.17. The molecule has 1 aliphatic rings. The van der Waals surface area contributed by atoms with E-state index in [9.17, 15) is 20.2 Å². The molecule has 0 atom stereocenters. The highest BCUT2D eigenvalue weighted by atomic mass is 35.5. The number of anilines is 1. The van der Waals surface area contributed by atoms with E-state index in [1.54, 1.807) is 0 Å². The van der Waals surface area contributed by atoms with Crippen molar-refractivity contribution in [3.63, 3.8) is 0 Å². The number of nitrogens with one attached hydrogen (secondary N) is 1. The van der Waals surface area contributed by atoms with Crippen LogP contribution in [0.4, 0.5) is 11.4 Å². The first-order chi connectivity index (χ1) is 13.0. The normalized spacial score (nSPS) is 12.7. The predicted octanol–water partition coefficient (Wildman–Crippen LogP) is 4.12. The van der Waals surface area contributed by atoms with E-state index in [2.05, 4.69) is 16.4 Å². The van der Waals surface area contributed by atoms with Crippen molar-refractivity contribution in [2.24, 2.45) is 0 Å². The zero-order chi connectivity index (χ0) is 19.4. The predicted molar refractivity (Wildman–Crippen MR) is 103 cm³/mol. The first-order valence-electron chi connectivity index (χ1n) is 8.27. The molecular weight excluding hydrogens is 388 g/mol. The average Bonchev–Trinajstić information content (AvgIpc) is 2.67. The summed E-state index contributed by atoms with van der Waals surface area (Å²) in [4.78, 5) is 27.1. The van der Waals surface area contributed by atoms with Gasteiger partial charge < -0.3 is 5.32 Å². The van der Waals surface area contributed by atoms with Crippen LogP contribution >= 0.6 is 23.4 Å². The molecule has 0 saturated heterocycles. The molecule has 0 bridgehead atoms. The lowest BCUT2D eigenvalue weighted by Crippen LogP contribution is -2.15. The maximum absolute atomic E-state index is 12.2. The average molecular weight is 403 g/mol. The van der Waals surface area contributed by atoms with Crippen LogP contribution in [0.1, 0.15) is 29.7 Å². The molecule has 0 unspecified atom stereocenters. The zero-order valence-corrected chi connectivity index (χ0v) is 15.8. The van der Waals surface area contributed by atoms with Gasteiger partial charge >= 0.3 is 0 Å². The van der Waals surface area contributed by atoms with Crippen molar-refractivity contribution in [2.45, 2.75) is 30.7 Å². The summed E-state index contributed by atoms with van der Waals surface area (Å²) < 4.78 is 0. The van der Waals surface area contributed by atoms with Crippen molar-refractivity contribution in [2.75, 3.05) is 11.1 Å². The second kappa shape index (κ2) is 8.37. The molecule has 0 spiro atoms. The monoisotopic (exact) mass is 402 g/mol. The highest BCUT2D eigenvalue weighted by Crippen LogP contribution is 2.29. The first kappa shape index (κ1) is 19.1. The van der Waals surface area contributed by atoms with E-state index in [-0.39, 0.29) is 28.1 Å². The van der Waals surface area contributed by atoms with Crippen LogP contribution in [0.25, 0.3) is 0 Å². The minimum absolute atomic E-state index is 0.0134. The quantitative estimate of drug-likeness (QED) is 0.457. The molecule has 0 aliphatic heterocycles. The summed E-state index contributed by atoms with van der Waals surface area (Å²) in [6, 6.07) is 7.84. The topological polar surface area (TPSA) is 109 Å². The molecule has 138 valence electrons. The summed E-state index contributed by atoms with van der Waals surface area (Å²) in [6.07, 6.45) is 3.97. The summed E-state index contributed by atoms with van der Waals surface area (Å²) in [7, 11) is 0. The van der Waals surface area contributed by atoms with Crippen molar-refractivity contribution in [1.82, 2.24) is 4.98 Å². The third kappa shape index (κ3) is 4.56. The zero-order valence-electron chi connectivity index (χ0n) is 14.2. The number of nitrogens with zero attached hydrogens (tertiary/aromatic N) is 3. The number of hydrogen-bond donors (Lipinski definition) is 1. The van der Waals surface area contributed by atoms with Gasteiger partial charge in [-0.3, -0.25) is 14.9 Å². The van der Waals surface area contributed by atoms with Gasteiger partial charge in [-0.05, 0) is 43.4 Å². The number of pyridine rings is 1. The van der Waals surface area contributed by atoms with Gasteiger partial charge in [0.05, 0.1) is 26.9 Å². The maximum atomic E-state index is 12.2. The smallest absolute Gasteiger partial charge is 0.271 e. The Hall–Kier alpha value is -2.63. The number of benzene rings is 1. The molecule has 1 aliphatic carbocycles. The summed E-state index contributed by atoms with van der Waals surface area (Å²) in [5.74, 6) is -0.370. The van der Waals surface area contributed by atoms with E-state index >= 15 is 0 Å². The molecule has 0 radical (unpaired) electrons. The number of halogens is 1. The summed E-state index contributed by atoms with van der Waals surface area (Å²) in [5.41, 5.74) is 2.57. The van der Waals surface area contributed by atoms with Gasteiger partial charge in [0.1, 0.15) is 11.1 Å². The number of nitro benzene ring substituents is 1. The maximum Gasteiger partial charge on any atom is 0.271 e. The first-order valence-corrected chi connectivity index (χ1v) is 9.64. The molecular formula is C18H15ClN4O3S. The fourth-order valence-electron chi connectivity index (χ4n) is 2.85. The Morgan fingerprint density at radius 2 is 2.15 bits per heavy atom. The van der Waals surface area contributed by atoms with E-state index in [1.165, 1.54) is 30.0 Å². The number of aromatic nitrogens is 1. The molecule has 1 aromatic carbocycles. The number of nitro groups is 1. The number of amides is 1. The molecule has 1 N–H and O–H groups in total. The van der Waals surface area contributed by atoms with Crippen molar-refractivity contribution < 1.29 is 9.72 Å². The Morgan fingerprint density at radius 3 is 2.89 bits per heavy atom. The summed E-state index contributed by atoms with van der Waals surface area (Å²) in [6.45, 7) is 0. The van der Waals surface area contributed by atoms with Gasteiger partial charge in [-0.25, -0.2) is 4.98 Å². The molecule has 7 nitrogen and oxygen atoms in total. The Labute approximate surface area is 164 Å². The third-order valence-corrected chi connectivity index (χ3v) is 5.48. The Morgan fingerprint density at radius 1 is 1.37 bits per heavy atom. The highest BCUT2D eigenvalue weighted by molar-refractivity contribution is 8.00. The van der Waals surface area contributed by atoms with Crippen LogP contribution < -0.4 is 5.32 Å². The lowest BCUT2D eigenvalue weighted by atomic mass is 9.95. The lowest BCUT2D eigenvalue weighted by molar-refractivity contribution is -0.384. The number of carbonyl (C=O) groups is 1. The second-order valence-corrected chi connectivity index (χ2v) is 7.40. The number of hydrogen-bond acceptors (Lipinski definition) is 6. The molecule has 3 rings (SSSR count). The van der Waals surface area contributed by atoms with Crippen LogP contribution in [0.15, 0.2) is 29.3 Å². The van der Waals surface area contributed by atoms with Gasteiger partial charge in [0.2, 0.25) is 5.91 Å². The molecule has 9 heteroatoms. The standard InChI is InChI=1S/C18H15ClN4O3S/c19-14-6-5-13(23(25)26)8-16(14)21-17(24)10-27-18-12(9-20)7-11-3-1-2-4-15(11)22-18/h5-8H,1-4,10H2,(H,21,24). The second-order valence-electron chi connectivity index (χ2n) is 6.02. The van der Waals surface area contributed by atoms with E-state index in [0.29, 0.717) is 10.6 Å². The largest absolute Gasteiger partial charge is 0.324 e. The van der Waals surface area contributed by atoms with E-state index in [1.807, 2.05) is 6.07 Å². The number of nitriles is 1. The van der Waals surface area contributed by atoms with E-state index in [0.717, 1.165) is 36.9 Å². The van der Waals surface area contributed by atoms with Crippen LogP contribution in [0, 0.1) is 21.4 Å². The van der Waals surface area contributed by atoms with Gasteiger partial charge in [-0.2, -0.15) is 5.26 Å². The van der Waals surface area contributed by atoms with Crippen molar-refractivity contribution >= 4 is 40.6 Å². The molecule has 1 aromatic heterocycles. The fraction of sp³-hybridized carbons (Fsp3) is 0.278. The van der Waals surface area contributed by atoms with Gasteiger partial charge in [-0.15, -0.1) is 0 Å². The van der Waals surface area contributed by atoms with Gasteiger partial charge in [0, 0.05) is 17.8 Å². The number of non-ortho nitro benzene ring substituents is 1. The van der Waals surface area contributed by atoms with Crippen LogP contribution in [0.2, 0.25) is 5.02 Å². The van der Waals surface area contributed by atoms with Gasteiger partial charge in [0.25, 0.3) is 5.69 Å². The molecule has 0 fully saturated rings. The van der Waals surface area contributed by atoms with Crippen LogP contribution in [-0.4, -0.2) is 21.6 Å². The molecule has 1 amide bonds. The van der Waals surface area contributed by atoms with Crippen LogP contribution in [0.3, 0.4) is 0 Å². The third-order valence-electron chi connectivity index (χ3n) is 4.16. The summed E-state index contributed by atoms with van der Waals surface area (Å²) >= 11 is 7.16. The minimum Gasteiger partial charge on any atom is -0.324 e. The van der Waals surface area contributed by atoms with E-state index in [4.69, 9.17) is 11.6 Å². The number of rotatable bonds is 5. The number of carbonyl (C=O) groups excluding carboxylic acids is 1. The number of fused-ring (bicyclic) bond motifs is 1. The van der Waals surface area contributed by atoms with E-state index < -0.39 is 4.92 Å². The van der Waals surface area contributed by atoms with Crippen LogP contribution in [0.5, 0.6) is 0 Å². The number of thioether (sulfide) groups is 1. The molecule has 0 saturated carbocycles. The van der Waals surface area contributed by atoms with Gasteiger partial charge in [0.15, 0.2) is 0 Å². The Balaban J connectivity index is 1.70. The SMILES string of the molecule is N#Cc1cc2c(nc1SCC(=O)Nc1cc([N+](=O)[O-])ccc1Cl)CCCC2. The molecule has 2 aromatic rings. The number of aryl methyl sites for hydroxylation is 2. The Kier molecular flexibility index (Phi) is 5.94. The Bertz CT molecular complexity index is 958. The van der Waals surface area contributed by atoms with Crippen molar-refractivity contribution in [3.05, 3.63) is 56.2 Å².